The van der Waals surface area contributed by atoms with Crippen molar-refractivity contribution in [3.63, 3.8) is 0 Å². The molecule has 8 heteroatoms. The van der Waals surface area contributed by atoms with E-state index in [2.05, 4.69) is 38.9 Å². The van der Waals surface area contributed by atoms with Crippen LogP contribution in [0.2, 0.25) is 0 Å². The fourth-order valence-electron chi connectivity index (χ4n) is 6.53. The summed E-state index contributed by atoms with van der Waals surface area (Å²) < 4.78 is 9.61. The van der Waals surface area contributed by atoms with Crippen LogP contribution in [0.3, 0.4) is 0 Å². The van der Waals surface area contributed by atoms with Gasteiger partial charge >= 0.3 is 12.1 Å². The number of hydrogen-bond donors (Lipinski definition) is 3. The van der Waals surface area contributed by atoms with E-state index in [-0.39, 0.29) is 24.4 Å². The second kappa shape index (κ2) is 10.9. The molecule has 0 bridgehead atoms. The number of methoxy groups -OCH3 is 1. The largest absolute Gasteiger partial charge is 0.469 e. The smallest absolute Gasteiger partial charge is 0.404 e. The van der Waals surface area contributed by atoms with Crippen molar-refractivity contribution in [2.75, 3.05) is 20.2 Å². The Morgan fingerprint density at radius 3 is 2.62 bits per heavy atom. The molecule has 5 atom stereocenters. The van der Waals surface area contributed by atoms with E-state index in [4.69, 9.17) is 10.5 Å². The highest BCUT2D eigenvalue weighted by Crippen LogP contribution is 2.49. The number of hydrogen-bond acceptors (Lipinski definition) is 6. The van der Waals surface area contributed by atoms with Crippen LogP contribution in [0.4, 0.5) is 4.79 Å². The zero-order valence-corrected chi connectivity index (χ0v) is 21.1. The number of nitrogens with two attached hydrogens (primary N) is 1. The van der Waals surface area contributed by atoms with Gasteiger partial charge in [-0.3, -0.25) is 9.69 Å². The Labute approximate surface area is 216 Å². The van der Waals surface area contributed by atoms with Gasteiger partial charge < -0.3 is 25.3 Å². The highest BCUT2D eigenvalue weighted by atomic mass is 16.5. The minimum absolute atomic E-state index is 0.199. The summed E-state index contributed by atoms with van der Waals surface area (Å²) >= 11 is 0. The molecule has 0 radical (unpaired) electrons. The van der Waals surface area contributed by atoms with Crippen LogP contribution < -0.4 is 5.73 Å². The average molecular weight is 506 g/mol. The van der Waals surface area contributed by atoms with Gasteiger partial charge in [0, 0.05) is 29.7 Å². The van der Waals surface area contributed by atoms with Crippen LogP contribution in [0.15, 0.2) is 54.6 Å². The molecule has 6 rings (SSSR count). The first-order valence-electron chi connectivity index (χ1n) is 13.0. The van der Waals surface area contributed by atoms with Gasteiger partial charge in [-0.05, 0) is 54.7 Å². The molecule has 1 aromatic heterocycles. The summed E-state index contributed by atoms with van der Waals surface area (Å²) in [7, 11) is 1.43. The van der Waals surface area contributed by atoms with Crippen LogP contribution in [0.1, 0.15) is 42.1 Å². The number of aliphatic hydroxyl groups is 1. The number of aromatic nitrogens is 1. The van der Waals surface area contributed by atoms with E-state index in [1.54, 1.807) is 0 Å². The molecule has 0 spiro atoms. The van der Waals surface area contributed by atoms with E-state index in [1.165, 1.54) is 29.3 Å². The molecule has 37 heavy (non-hydrogen) atoms. The number of benzene rings is 2. The fraction of sp³-hybridized carbons (Fsp3) is 0.448. The first-order chi connectivity index (χ1) is 18.0. The monoisotopic (exact) mass is 505 g/mol. The van der Waals surface area contributed by atoms with Crippen LogP contribution >= 0.6 is 0 Å². The van der Waals surface area contributed by atoms with Gasteiger partial charge in [0.05, 0.1) is 25.2 Å². The average Bonchev–Trinajstić information content (AvgIpc) is 3.31. The summed E-state index contributed by atoms with van der Waals surface area (Å²) in [6.45, 7) is 2.34. The number of carbonyl (C=O) groups is 2. The van der Waals surface area contributed by atoms with Crippen molar-refractivity contribution in [1.82, 2.24) is 9.88 Å². The molecule has 0 unspecified atom stereocenters. The summed E-state index contributed by atoms with van der Waals surface area (Å²) in [5.74, 6) is 0.0541. The predicted molar refractivity (Wildman–Crippen MR) is 139 cm³/mol. The normalized spacial score (nSPS) is 26.6. The minimum atomic E-state index is -0.742. The third kappa shape index (κ3) is 5.22. The summed E-state index contributed by atoms with van der Waals surface area (Å²) in [5.41, 5.74) is 9.67. The topological polar surface area (TPSA) is 118 Å². The molecule has 1 aliphatic carbocycles. The van der Waals surface area contributed by atoms with Gasteiger partial charge in [0.25, 0.3) is 0 Å². The molecule has 1 saturated heterocycles. The maximum Gasteiger partial charge on any atom is 0.404 e. The number of nitrogens with one attached hydrogen (secondary N) is 1. The Balaban J connectivity index is 0.000000215. The van der Waals surface area contributed by atoms with Gasteiger partial charge in [-0.15, -0.1) is 0 Å². The third-order valence-corrected chi connectivity index (χ3v) is 8.25. The Morgan fingerprint density at radius 1 is 1.11 bits per heavy atom. The van der Waals surface area contributed by atoms with Crippen molar-refractivity contribution in [1.29, 1.82) is 0 Å². The molecule has 3 aliphatic rings. The first kappa shape index (κ1) is 25.3. The lowest BCUT2D eigenvalue weighted by atomic mass is 9.65. The highest BCUT2D eigenvalue weighted by Gasteiger charge is 2.49. The summed E-state index contributed by atoms with van der Waals surface area (Å²) in [5, 5.41) is 11.8. The maximum atomic E-state index is 12.4. The number of rotatable bonds is 3. The Hall–Kier alpha value is -3.36. The molecular weight excluding hydrogens is 470 g/mol. The zero-order valence-electron chi connectivity index (χ0n) is 21.1. The fourth-order valence-corrected chi connectivity index (χ4v) is 6.53. The number of ether oxygens (including phenoxy) is 2. The van der Waals surface area contributed by atoms with Crippen LogP contribution in [0.5, 0.6) is 0 Å². The molecule has 3 aromatic rings. The van der Waals surface area contributed by atoms with E-state index in [9.17, 15) is 14.7 Å². The molecule has 1 saturated carbocycles. The van der Waals surface area contributed by atoms with Gasteiger partial charge in [0.1, 0.15) is 6.61 Å². The molecule has 2 aliphatic heterocycles. The van der Waals surface area contributed by atoms with Crippen molar-refractivity contribution in [3.8, 4) is 0 Å². The van der Waals surface area contributed by atoms with Crippen LogP contribution in [-0.4, -0.2) is 53.4 Å². The van der Waals surface area contributed by atoms with Gasteiger partial charge in [-0.1, -0.05) is 48.5 Å². The van der Waals surface area contributed by atoms with E-state index in [1.807, 2.05) is 30.3 Å². The number of esters is 1. The number of para-hydroxylation sites is 1. The van der Waals surface area contributed by atoms with Crippen molar-refractivity contribution < 1.29 is 24.2 Å². The number of aromatic amines is 1. The lowest BCUT2D eigenvalue weighted by Gasteiger charge is -2.50. The van der Waals surface area contributed by atoms with Crippen molar-refractivity contribution in [3.05, 3.63) is 71.4 Å². The number of nitrogens with zero attached hydrogens (tertiary/aromatic N) is 1. The molecule has 8 nitrogen and oxygen atoms in total. The lowest BCUT2D eigenvalue weighted by molar-refractivity contribution is -0.160. The quantitative estimate of drug-likeness (QED) is 0.464. The Bertz CT molecular complexity index is 1240. The second-order valence-corrected chi connectivity index (χ2v) is 10.3. The molecule has 2 fully saturated rings. The van der Waals surface area contributed by atoms with Crippen LogP contribution in [0.25, 0.3) is 10.9 Å². The SMILES string of the molecule is COC(=O)[C@@H]1[C@H]2C[C@H]3c4[nH]c5ccccc5c4CCN3C[C@@H]2CC[C@@H]1O.NC(=O)OCc1ccccc1. The number of fused-ring (bicyclic) bond motifs is 6. The van der Waals surface area contributed by atoms with Gasteiger partial charge in [-0.25, -0.2) is 4.79 Å². The number of primary amides is 1. The second-order valence-electron chi connectivity index (χ2n) is 10.3. The highest BCUT2D eigenvalue weighted by molar-refractivity contribution is 5.85. The predicted octanol–water partition coefficient (Wildman–Crippen LogP) is 3.93. The summed E-state index contributed by atoms with van der Waals surface area (Å²) in [4.78, 5) is 28.8. The van der Waals surface area contributed by atoms with E-state index >= 15 is 0 Å². The molecule has 1 amide bonds. The van der Waals surface area contributed by atoms with Crippen molar-refractivity contribution in [2.24, 2.45) is 23.5 Å². The standard InChI is InChI=1S/C21H26N2O3.C8H9NO2/c1-26-21(25)19-15-10-17-20-14(13-4-2-3-5-16(13)22-20)8-9-23(17)11-12(15)6-7-18(19)24;9-8(10)11-6-7-4-2-1-3-5-7/h2-5,12,15,17-19,22,24H,6-11H2,1H3;1-5H,6H2,(H2,9,10)/t12-,15-,17-,18-,19+;/m0./s1. The van der Waals surface area contributed by atoms with E-state index in [0.717, 1.165) is 37.9 Å². The Kier molecular flexibility index (Phi) is 7.48. The van der Waals surface area contributed by atoms with Crippen molar-refractivity contribution >= 4 is 23.0 Å². The van der Waals surface area contributed by atoms with E-state index in [0.29, 0.717) is 18.4 Å². The molecule has 3 heterocycles. The van der Waals surface area contributed by atoms with Gasteiger partial charge in [0.15, 0.2) is 0 Å². The number of H-pyrrole nitrogens is 1. The number of amides is 1. The minimum Gasteiger partial charge on any atom is -0.469 e. The molecule has 4 N–H and O–H groups in total. The molecule has 2 aromatic carbocycles. The summed E-state index contributed by atoms with van der Waals surface area (Å²) in [6, 6.07) is 18.2. The van der Waals surface area contributed by atoms with Crippen molar-refractivity contribution in [2.45, 2.75) is 44.4 Å². The number of aliphatic hydroxyl groups excluding tert-OH is 1. The molecular formula is C29H35N3O5. The van der Waals surface area contributed by atoms with Gasteiger partial charge in [-0.2, -0.15) is 0 Å². The third-order valence-electron chi connectivity index (χ3n) is 8.25. The van der Waals surface area contributed by atoms with E-state index < -0.39 is 12.2 Å². The van der Waals surface area contributed by atoms with Gasteiger partial charge in [0.2, 0.25) is 0 Å². The van der Waals surface area contributed by atoms with Crippen LogP contribution in [-0.2, 0) is 27.3 Å². The zero-order chi connectivity index (χ0) is 25.9. The Morgan fingerprint density at radius 2 is 1.86 bits per heavy atom. The molecule has 196 valence electrons. The number of carbonyl (C=O) groups excluding carboxylic acids is 2. The lowest BCUT2D eigenvalue weighted by Crippen LogP contribution is -2.53. The van der Waals surface area contributed by atoms with Crippen LogP contribution in [0, 0.1) is 17.8 Å². The first-order valence-corrected chi connectivity index (χ1v) is 13.0. The maximum absolute atomic E-state index is 12.4. The number of piperidine rings is 1. The summed E-state index contributed by atoms with van der Waals surface area (Å²) in [6.07, 6.45) is 2.39.